The van der Waals surface area contributed by atoms with Crippen LogP contribution in [0.3, 0.4) is 0 Å². The van der Waals surface area contributed by atoms with E-state index in [1.165, 1.54) is 18.5 Å². The quantitative estimate of drug-likeness (QED) is 0.794. The van der Waals surface area contributed by atoms with E-state index in [1.54, 1.807) is 0 Å². The number of anilines is 1. The highest BCUT2D eigenvalue weighted by Crippen LogP contribution is 2.38. The van der Waals surface area contributed by atoms with Gasteiger partial charge in [-0.05, 0) is 32.2 Å². The Bertz CT molecular complexity index is 341. The Morgan fingerprint density at radius 1 is 1.56 bits per heavy atom. The minimum absolute atomic E-state index is 0.697. The summed E-state index contributed by atoms with van der Waals surface area (Å²) in [6.07, 6.45) is 6.85. The molecule has 0 saturated heterocycles. The second-order valence-electron chi connectivity index (χ2n) is 4.59. The van der Waals surface area contributed by atoms with E-state index in [1.807, 2.05) is 0 Å². The van der Waals surface area contributed by atoms with Crippen LogP contribution in [0.2, 0.25) is 0 Å². The number of aromatic nitrogens is 2. The molecule has 2 rings (SSSR count). The molecule has 0 spiro atoms. The molecule has 2 N–H and O–H groups in total. The number of aryl methyl sites for hydroxylation is 1. The lowest BCUT2D eigenvalue weighted by Crippen LogP contribution is -2.24. The second-order valence-corrected chi connectivity index (χ2v) is 4.59. The molecule has 16 heavy (non-hydrogen) atoms. The van der Waals surface area contributed by atoms with Crippen LogP contribution in [0.15, 0.2) is 6.20 Å². The molecule has 1 saturated carbocycles. The first kappa shape index (κ1) is 11.5. The van der Waals surface area contributed by atoms with E-state index < -0.39 is 0 Å². The molecule has 1 aromatic heterocycles. The maximum absolute atomic E-state index is 5.54. The summed E-state index contributed by atoms with van der Waals surface area (Å²) in [5.74, 6) is 1.12. The first-order valence-corrected chi connectivity index (χ1v) is 6.25. The topological polar surface area (TPSA) is 47.1 Å². The molecule has 0 radical (unpaired) electrons. The van der Waals surface area contributed by atoms with Gasteiger partial charge in [0.2, 0.25) is 5.95 Å². The van der Waals surface area contributed by atoms with Crippen LogP contribution in [0.25, 0.3) is 0 Å². The van der Waals surface area contributed by atoms with Gasteiger partial charge in [-0.1, -0.05) is 6.92 Å². The van der Waals surface area contributed by atoms with Crippen LogP contribution in [-0.4, -0.2) is 29.7 Å². The Balaban J connectivity index is 2.13. The molecule has 4 heteroatoms. The van der Waals surface area contributed by atoms with Crippen molar-refractivity contribution >= 4 is 5.95 Å². The summed E-state index contributed by atoms with van der Waals surface area (Å²) in [5.41, 5.74) is 6.74. The Morgan fingerprint density at radius 3 is 2.88 bits per heavy atom. The maximum Gasteiger partial charge on any atom is 0.205 e. The molecule has 1 aliphatic rings. The zero-order valence-electron chi connectivity index (χ0n) is 10.3. The fourth-order valence-corrected chi connectivity index (χ4v) is 1.94. The van der Waals surface area contributed by atoms with Gasteiger partial charge in [-0.15, -0.1) is 0 Å². The highest BCUT2D eigenvalue weighted by Gasteiger charge is 2.27. The van der Waals surface area contributed by atoms with E-state index in [0.717, 1.165) is 31.9 Å². The van der Waals surface area contributed by atoms with E-state index in [9.17, 15) is 0 Å². The van der Waals surface area contributed by atoms with Crippen molar-refractivity contribution in [1.29, 1.82) is 0 Å². The smallest absolute Gasteiger partial charge is 0.205 e. The van der Waals surface area contributed by atoms with Gasteiger partial charge in [-0.3, -0.25) is 0 Å². The van der Waals surface area contributed by atoms with Crippen molar-refractivity contribution in [3.8, 4) is 0 Å². The Kier molecular flexibility index (Phi) is 3.49. The zero-order chi connectivity index (χ0) is 11.5. The van der Waals surface area contributed by atoms with Gasteiger partial charge in [-0.2, -0.15) is 0 Å². The van der Waals surface area contributed by atoms with Crippen molar-refractivity contribution in [3.05, 3.63) is 11.9 Å². The van der Waals surface area contributed by atoms with Crippen molar-refractivity contribution in [2.24, 2.45) is 5.73 Å². The van der Waals surface area contributed by atoms with Crippen LogP contribution in [0.5, 0.6) is 0 Å². The lowest BCUT2D eigenvalue weighted by atomic mass is 10.4. The van der Waals surface area contributed by atoms with Gasteiger partial charge in [0.05, 0.1) is 5.69 Å². The van der Waals surface area contributed by atoms with Crippen LogP contribution < -0.4 is 10.6 Å². The molecule has 0 aliphatic heterocycles. The molecule has 1 aliphatic carbocycles. The van der Waals surface area contributed by atoms with Crippen LogP contribution in [0, 0.1) is 0 Å². The largest absolute Gasteiger partial charge is 0.345 e. The summed E-state index contributed by atoms with van der Waals surface area (Å²) in [7, 11) is 2.11. The number of rotatable bonds is 6. The average Bonchev–Trinajstić information content (AvgIpc) is 3.05. The van der Waals surface area contributed by atoms with Crippen LogP contribution >= 0.6 is 0 Å². The Hall–Kier alpha value is -1.03. The van der Waals surface area contributed by atoms with Gasteiger partial charge >= 0.3 is 0 Å². The van der Waals surface area contributed by atoms with Crippen molar-refractivity contribution in [2.45, 2.75) is 38.6 Å². The van der Waals surface area contributed by atoms with Crippen molar-refractivity contribution < 1.29 is 0 Å². The minimum Gasteiger partial charge on any atom is -0.345 e. The van der Waals surface area contributed by atoms with Gasteiger partial charge in [-0.25, -0.2) is 4.98 Å². The molecule has 4 nitrogen and oxygen atoms in total. The lowest BCUT2D eigenvalue weighted by Gasteiger charge is -2.19. The number of nitrogens with two attached hydrogens (primary N) is 1. The molecule has 0 amide bonds. The van der Waals surface area contributed by atoms with E-state index in [-0.39, 0.29) is 0 Å². The number of imidazole rings is 1. The monoisotopic (exact) mass is 222 g/mol. The predicted molar refractivity (Wildman–Crippen MR) is 66.8 cm³/mol. The van der Waals surface area contributed by atoms with Gasteiger partial charge in [0.1, 0.15) is 0 Å². The maximum atomic E-state index is 5.54. The van der Waals surface area contributed by atoms with Gasteiger partial charge < -0.3 is 15.2 Å². The van der Waals surface area contributed by atoms with Crippen LogP contribution in [-0.2, 0) is 6.42 Å². The third kappa shape index (κ3) is 2.38. The van der Waals surface area contributed by atoms with Gasteiger partial charge in [0, 0.05) is 25.8 Å². The summed E-state index contributed by atoms with van der Waals surface area (Å²) < 4.78 is 2.34. The van der Waals surface area contributed by atoms with E-state index in [4.69, 9.17) is 10.7 Å². The predicted octanol–water partition coefficient (Wildman–Crippen LogP) is 1.57. The first-order chi connectivity index (χ1) is 7.76. The minimum atomic E-state index is 0.697. The second kappa shape index (κ2) is 4.87. The van der Waals surface area contributed by atoms with Gasteiger partial charge in [0.15, 0.2) is 0 Å². The van der Waals surface area contributed by atoms with Crippen LogP contribution in [0.4, 0.5) is 5.95 Å². The molecule has 90 valence electrons. The SMILES string of the molecule is CCc1cn(C2CC2)c(N(C)CCCN)n1. The average molecular weight is 222 g/mol. The summed E-state index contributed by atoms with van der Waals surface area (Å²) >= 11 is 0. The molecule has 0 aromatic carbocycles. The highest BCUT2D eigenvalue weighted by molar-refractivity contribution is 5.34. The number of hydrogen-bond donors (Lipinski definition) is 1. The lowest BCUT2D eigenvalue weighted by molar-refractivity contribution is 0.695. The number of nitrogens with zero attached hydrogens (tertiary/aromatic N) is 3. The van der Waals surface area contributed by atoms with Gasteiger partial charge in [0.25, 0.3) is 0 Å². The highest BCUT2D eigenvalue weighted by atomic mass is 15.3. The fraction of sp³-hybridized carbons (Fsp3) is 0.750. The summed E-state index contributed by atoms with van der Waals surface area (Å²) in [6, 6.07) is 0.697. The molecule has 0 bridgehead atoms. The van der Waals surface area contributed by atoms with Crippen LogP contribution in [0.1, 0.15) is 37.9 Å². The van der Waals surface area contributed by atoms with Crippen molar-refractivity contribution in [1.82, 2.24) is 9.55 Å². The molecule has 1 aromatic rings. The number of hydrogen-bond acceptors (Lipinski definition) is 3. The summed E-state index contributed by atoms with van der Waals surface area (Å²) in [4.78, 5) is 6.92. The molecule has 0 atom stereocenters. The standard InChI is InChI=1S/C12H22N4/c1-3-10-9-16(11-5-6-11)12(14-10)15(2)8-4-7-13/h9,11H,3-8,13H2,1-2H3. The molecule has 0 unspecified atom stereocenters. The zero-order valence-corrected chi connectivity index (χ0v) is 10.3. The normalized spacial score (nSPS) is 15.4. The van der Waals surface area contributed by atoms with E-state index in [0.29, 0.717) is 6.04 Å². The van der Waals surface area contributed by atoms with E-state index in [2.05, 4.69) is 29.6 Å². The Morgan fingerprint density at radius 2 is 2.31 bits per heavy atom. The van der Waals surface area contributed by atoms with E-state index >= 15 is 0 Å². The van der Waals surface area contributed by atoms with Crippen molar-refractivity contribution in [3.63, 3.8) is 0 Å². The summed E-state index contributed by atoms with van der Waals surface area (Å²) in [6.45, 7) is 3.89. The third-order valence-electron chi connectivity index (χ3n) is 3.10. The Labute approximate surface area is 97.4 Å². The molecule has 1 heterocycles. The third-order valence-corrected chi connectivity index (χ3v) is 3.10. The van der Waals surface area contributed by atoms with Crippen molar-refractivity contribution in [2.75, 3.05) is 25.0 Å². The first-order valence-electron chi connectivity index (χ1n) is 6.25. The fourth-order valence-electron chi connectivity index (χ4n) is 1.94. The summed E-state index contributed by atoms with van der Waals surface area (Å²) in [5, 5.41) is 0. The molecular weight excluding hydrogens is 200 g/mol. The molecular formula is C12H22N4. The molecule has 1 fully saturated rings.